The minimum absolute atomic E-state index is 0. The summed E-state index contributed by atoms with van der Waals surface area (Å²) in [6, 6.07) is 2.66. The molecule has 2 aliphatic rings. The Labute approximate surface area is 187 Å². The summed E-state index contributed by atoms with van der Waals surface area (Å²) in [5, 5.41) is 3.55. The number of hydrogen-bond acceptors (Lipinski definition) is 5. The molecule has 0 spiro atoms. The highest BCUT2D eigenvalue weighted by Gasteiger charge is 2.21. The van der Waals surface area contributed by atoms with E-state index in [9.17, 15) is 0 Å². The predicted octanol–water partition coefficient (Wildman–Crippen LogP) is 2.45. The van der Waals surface area contributed by atoms with E-state index in [2.05, 4.69) is 42.0 Å². The van der Waals surface area contributed by atoms with Crippen molar-refractivity contribution in [2.75, 3.05) is 58.3 Å². The Kier molecular flexibility index (Phi) is 10.3. The summed E-state index contributed by atoms with van der Waals surface area (Å²) in [6.45, 7) is 5.88. The van der Waals surface area contributed by atoms with Gasteiger partial charge in [0.25, 0.3) is 0 Å². The van der Waals surface area contributed by atoms with Crippen LogP contribution >= 0.6 is 24.0 Å². The van der Waals surface area contributed by atoms with Gasteiger partial charge in [-0.1, -0.05) is 19.3 Å². The number of nitrogens with zero attached hydrogens (tertiary/aromatic N) is 6. The van der Waals surface area contributed by atoms with E-state index in [1.54, 1.807) is 12.4 Å². The molecule has 1 saturated carbocycles. The number of guanidine groups is 1. The number of halogens is 1. The average Bonchev–Trinajstić information content (AvgIpc) is 2.75. The first-order valence-corrected chi connectivity index (χ1v) is 10.5. The third-order valence-electron chi connectivity index (χ3n) is 5.79. The van der Waals surface area contributed by atoms with Crippen LogP contribution in [0.3, 0.4) is 0 Å². The summed E-state index contributed by atoms with van der Waals surface area (Å²) < 4.78 is 0. The third-order valence-corrected chi connectivity index (χ3v) is 5.79. The minimum Gasteiger partial charge on any atom is -0.356 e. The fourth-order valence-electron chi connectivity index (χ4n) is 4.14. The molecule has 2 heterocycles. The van der Waals surface area contributed by atoms with E-state index in [1.165, 1.54) is 32.1 Å². The van der Waals surface area contributed by atoms with E-state index in [0.29, 0.717) is 0 Å². The lowest BCUT2D eigenvalue weighted by Gasteiger charge is -2.36. The molecule has 1 aromatic heterocycles. The molecule has 1 aliphatic carbocycles. The molecule has 0 amide bonds. The molecular formula is C20H36IN7. The van der Waals surface area contributed by atoms with Crippen LogP contribution in [0, 0.1) is 0 Å². The molecule has 1 N–H and O–H groups in total. The largest absolute Gasteiger partial charge is 0.356 e. The Bertz CT molecular complexity index is 569. The van der Waals surface area contributed by atoms with Gasteiger partial charge in [-0.05, 0) is 38.9 Å². The lowest BCUT2D eigenvalue weighted by molar-refractivity contribution is 0.190. The number of nitrogens with one attached hydrogen (secondary N) is 1. The van der Waals surface area contributed by atoms with Crippen LogP contribution in [0.4, 0.5) is 5.95 Å². The van der Waals surface area contributed by atoms with Gasteiger partial charge in [0.1, 0.15) is 0 Å². The highest BCUT2D eigenvalue weighted by molar-refractivity contribution is 14.0. The fourth-order valence-corrected chi connectivity index (χ4v) is 4.14. The van der Waals surface area contributed by atoms with Gasteiger partial charge in [-0.15, -0.1) is 24.0 Å². The standard InChI is InChI=1S/C20H35N7.HI/c1-21-19(22-12-7-13-25(2)18-8-4-3-5-9-18)26-14-16-27(17-15-26)20-23-10-6-11-24-20;/h6,10-11,18H,3-5,7-9,12-17H2,1-2H3,(H,21,22);1H. The van der Waals surface area contributed by atoms with Gasteiger partial charge in [0.05, 0.1) is 0 Å². The molecule has 3 rings (SSSR count). The monoisotopic (exact) mass is 501 g/mol. The van der Waals surface area contributed by atoms with Crippen LogP contribution in [0.15, 0.2) is 23.5 Å². The van der Waals surface area contributed by atoms with E-state index in [0.717, 1.165) is 63.6 Å². The summed E-state index contributed by atoms with van der Waals surface area (Å²) >= 11 is 0. The molecule has 8 heteroatoms. The van der Waals surface area contributed by atoms with Crippen LogP contribution in [0.5, 0.6) is 0 Å². The van der Waals surface area contributed by atoms with Gasteiger partial charge in [-0.25, -0.2) is 9.97 Å². The second-order valence-corrected chi connectivity index (χ2v) is 7.62. The molecule has 0 radical (unpaired) electrons. The van der Waals surface area contributed by atoms with Gasteiger partial charge in [-0.3, -0.25) is 4.99 Å². The van der Waals surface area contributed by atoms with Crippen molar-refractivity contribution in [3.63, 3.8) is 0 Å². The molecule has 1 saturated heterocycles. The maximum atomic E-state index is 4.48. The summed E-state index contributed by atoms with van der Waals surface area (Å²) in [5.74, 6) is 1.84. The van der Waals surface area contributed by atoms with Crippen molar-refractivity contribution in [1.82, 2.24) is 25.1 Å². The molecule has 1 aromatic rings. The topological polar surface area (TPSA) is 59.9 Å². The molecule has 0 bridgehead atoms. The van der Waals surface area contributed by atoms with Crippen LogP contribution in [0.25, 0.3) is 0 Å². The molecule has 0 unspecified atom stereocenters. The average molecular weight is 501 g/mol. The first kappa shape index (κ1) is 23.1. The summed E-state index contributed by atoms with van der Waals surface area (Å²) in [5.41, 5.74) is 0. The van der Waals surface area contributed by atoms with Gasteiger partial charge in [-0.2, -0.15) is 0 Å². The minimum atomic E-state index is 0. The van der Waals surface area contributed by atoms with E-state index in [-0.39, 0.29) is 24.0 Å². The van der Waals surface area contributed by atoms with Gasteiger partial charge >= 0.3 is 0 Å². The van der Waals surface area contributed by atoms with Crippen molar-refractivity contribution in [3.05, 3.63) is 18.5 Å². The first-order chi connectivity index (χ1) is 13.3. The Morgan fingerprint density at radius 2 is 1.82 bits per heavy atom. The third kappa shape index (κ3) is 6.72. The van der Waals surface area contributed by atoms with Gasteiger partial charge in [0.2, 0.25) is 5.95 Å². The van der Waals surface area contributed by atoms with Crippen molar-refractivity contribution in [2.24, 2.45) is 4.99 Å². The van der Waals surface area contributed by atoms with Gasteiger partial charge in [0.15, 0.2) is 5.96 Å². The van der Waals surface area contributed by atoms with Crippen molar-refractivity contribution in [2.45, 2.75) is 44.6 Å². The Morgan fingerprint density at radius 1 is 1.14 bits per heavy atom. The maximum absolute atomic E-state index is 4.48. The summed E-state index contributed by atoms with van der Waals surface area (Å²) in [4.78, 5) is 20.3. The fraction of sp³-hybridized carbons (Fsp3) is 0.750. The number of piperazine rings is 1. The van der Waals surface area contributed by atoms with Crippen LogP contribution < -0.4 is 10.2 Å². The molecule has 28 heavy (non-hydrogen) atoms. The normalized spacial score (nSPS) is 18.9. The quantitative estimate of drug-likeness (QED) is 0.280. The lowest BCUT2D eigenvalue weighted by Crippen LogP contribution is -2.53. The lowest BCUT2D eigenvalue weighted by atomic mass is 9.94. The van der Waals surface area contributed by atoms with E-state index >= 15 is 0 Å². The summed E-state index contributed by atoms with van der Waals surface area (Å²) in [7, 11) is 4.17. The van der Waals surface area contributed by atoms with Crippen LogP contribution in [-0.2, 0) is 0 Å². The van der Waals surface area contributed by atoms with E-state index in [4.69, 9.17) is 0 Å². The van der Waals surface area contributed by atoms with Gasteiger partial charge in [0, 0.05) is 58.2 Å². The highest BCUT2D eigenvalue weighted by atomic mass is 127. The SMILES string of the molecule is CN=C(NCCCN(C)C1CCCCC1)N1CCN(c2ncccn2)CC1.I. The molecule has 0 aromatic carbocycles. The number of aromatic nitrogens is 2. The molecule has 0 atom stereocenters. The van der Waals surface area contributed by atoms with Crippen molar-refractivity contribution >= 4 is 35.9 Å². The molecular weight excluding hydrogens is 465 g/mol. The number of rotatable bonds is 6. The van der Waals surface area contributed by atoms with Crippen molar-refractivity contribution < 1.29 is 0 Å². The van der Waals surface area contributed by atoms with Crippen LogP contribution in [0.1, 0.15) is 38.5 Å². The zero-order valence-corrected chi connectivity index (χ0v) is 19.7. The van der Waals surface area contributed by atoms with Crippen LogP contribution in [0.2, 0.25) is 0 Å². The molecule has 7 nitrogen and oxygen atoms in total. The number of aliphatic imine (C=N–C) groups is 1. The van der Waals surface area contributed by atoms with E-state index in [1.807, 2.05) is 13.1 Å². The smallest absolute Gasteiger partial charge is 0.225 e. The van der Waals surface area contributed by atoms with E-state index < -0.39 is 0 Å². The zero-order chi connectivity index (χ0) is 18.9. The van der Waals surface area contributed by atoms with Crippen LogP contribution in [-0.4, -0.2) is 85.1 Å². The molecule has 158 valence electrons. The second kappa shape index (κ2) is 12.4. The van der Waals surface area contributed by atoms with Crippen molar-refractivity contribution in [3.8, 4) is 0 Å². The predicted molar refractivity (Wildman–Crippen MR) is 127 cm³/mol. The number of hydrogen-bond donors (Lipinski definition) is 1. The van der Waals surface area contributed by atoms with Gasteiger partial charge < -0.3 is 20.0 Å². The molecule has 1 aliphatic heterocycles. The Hall–Kier alpha value is -1.16. The van der Waals surface area contributed by atoms with Crippen molar-refractivity contribution in [1.29, 1.82) is 0 Å². The Balaban J connectivity index is 0.00000280. The summed E-state index contributed by atoms with van der Waals surface area (Å²) in [6.07, 6.45) is 11.7. The maximum Gasteiger partial charge on any atom is 0.225 e. The zero-order valence-electron chi connectivity index (χ0n) is 17.4. The number of anilines is 1. The highest BCUT2D eigenvalue weighted by Crippen LogP contribution is 2.21. The Morgan fingerprint density at radius 3 is 2.46 bits per heavy atom. The second-order valence-electron chi connectivity index (χ2n) is 7.62. The first-order valence-electron chi connectivity index (χ1n) is 10.5. The molecule has 2 fully saturated rings.